The number of aryl methyl sites for hydroxylation is 1. The number of hydrogen-bond donors (Lipinski definition) is 2. The van der Waals surface area contributed by atoms with Gasteiger partial charge in [-0.15, -0.1) is 12.4 Å². The number of sulfonamides is 1. The summed E-state index contributed by atoms with van der Waals surface area (Å²) >= 11 is 0. The molecule has 1 unspecified atom stereocenters. The van der Waals surface area contributed by atoms with Gasteiger partial charge in [-0.2, -0.15) is 0 Å². The Morgan fingerprint density at radius 2 is 2.10 bits per heavy atom. The maximum Gasteiger partial charge on any atom is 0.259 e. The van der Waals surface area contributed by atoms with Crippen molar-refractivity contribution in [3.8, 4) is 0 Å². The summed E-state index contributed by atoms with van der Waals surface area (Å²) in [5, 5.41) is 0.0595. The molecule has 0 amide bonds. The predicted molar refractivity (Wildman–Crippen MR) is 80.2 cm³/mol. The van der Waals surface area contributed by atoms with Crippen LogP contribution in [0.4, 0.5) is 0 Å². The van der Waals surface area contributed by atoms with Gasteiger partial charge in [-0.05, 0) is 18.8 Å². The first-order valence-corrected chi connectivity index (χ1v) is 8.21. The van der Waals surface area contributed by atoms with Gasteiger partial charge >= 0.3 is 0 Å². The fourth-order valence-corrected chi connectivity index (χ4v) is 3.96. The van der Waals surface area contributed by atoms with Crippen LogP contribution in [0.1, 0.15) is 32.1 Å². The molecule has 0 aliphatic heterocycles. The molecule has 6 nitrogen and oxygen atoms in total. The van der Waals surface area contributed by atoms with E-state index in [-0.39, 0.29) is 23.5 Å². The third-order valence-electron chi connectivity index (χ3n) is 3.74. The largest absolute Gasteiger partial charge is 0.339 e. The number of imidazole rings is 1. The zero-order valence-corrected chi connectivity index (χ0v) is 13.3. The van der Waals surface area contributed by atoms with Gasteiger partial charge < -0.3 is 10.3 Å². The minimum absolute atomic E-state index is 0. The summed E-state index contributed by atoms with van der Waals surface area (Å²) in [4.78, 5) is 3.89. The second kappa shape index (κ2) is 7.40. The lowest BCUT2D eigenvalue weighted by Gasteiger charge is -2.29. The number of rotatable bonds is 5. The molecule has 1 heterocycles. The standard InChI is InChI=1S/C12H22N4O2S.ClH/c1-16-8-12(14-9-16)19(17,18)15-11(7-13)10-5-3-2-4-6-10;/h8-11,15H,2-7,13H2,1H3;1H. The average Bonchev–Trinajstić information content (AvgIpc) is 2.85. The van der Waals surface area contributed by atoms with E-state index in [1.54, 1.807) is 11.6 Å². The number of aromatic nitrogens is 2. The first-order valence-electron chi connectivity index (χ1n) is 6.73. The quantitative estimate of drug-likeness (QED) is 0.847. The molecule has 1 fully saturated rings. The van der Waals surface area contributed by atoms with Gasteiger partial charge in [0.2, 0.25) is 0 Å². The Hall–Kier alpha value is -0.630. The molecule has 2 rings (SSSR count). The summed E-state index contributed by atoms with van der Waals surface area (Å²) in [6.07, 6.45) is 8.63. The van der Waals surface area contributed by atoms with Crippen molar-refractivity contribution in [1.82, 2.24) is 14.3 Å². The summed E-state index contributed by atoms with van der Waals surface area (Å²) in [6, 6.07) is -0.188. The van der Waals surface area contributed by atoms with Crippen LogP contribution in [0, 0.1) is 5.92 Å². The van der Waals surface area contributed by atoms with E-state index in [0.717, 1.165) is 25.7 Å². The molecular formula is C12H23ClN4O2S. The average molecular weight is 323 g/mol. The van der Waals surface area contributed by atoms with Crippen LogP contribution in [0.25, 0.3) is 0 Å². The Labute approximate surface area is 126 Å². The molecular weight excluding hydrogens is 300 g/mol. The number of halogens is 1. The van der Waals surface area contributed by atoms with Crippen molar-refractivity contribution in [2.45, 2.75) is 43.2 Å². The Bertz CT molecular complexity index is 511. The molecule has 0 bridgehead atoms. The third-order valence-corrected chi connectivity index (χ3v) is 5.11. The molecule has 1 atom stereocenters. The van der Waals surface area contributed by atoms with E-state index >= 15 is 0 Å². The van der Waals surface area contributed by atoms with Crippen LogP contribution in [0.3, 0.4) is 0 Å². The minimum atomic E-state index is -3.56. The van der Waals surface area contributed by atoms with Crippen LogP contribution in [0.15, 0.2) is 17.6 Å². The second-order valence-corrected chi connectivity index (χ2v) is 6.90. The molecule has 1 aliphatic carbocycles. The highest BCUT2D eigenvalue weighted by atomic mass is 35.5. The van der Waals surface area contributed by atoms with Gasteiger partial charge in [0.25, 0.3) is 10.0 Å². The molecule has 0 saturated heterocycles. The van der Waals surface area contributed by atoms with Gasteiger partial charge in [-0.1, -0.05) is 19.3 Å². The summed E-state index contributed by atoms with van der Waals surface area (Å²) in [5.74, 6) is 0.345. The van der Waals surface area contributed by atoms with Crippen molar-refractivity contribution in [1.29, 1.82) is 0 Å². The summed E-state index contributed by atoms with van der Waals surface area (Å²) in [6.45, 7) is 0.330. The highest BCUT2D eigenvalue weighted by Crippen LogP contribution is 2.26. The van der Waals surface area contributed by atoms with Gasteiger partial charge in [0.1, 0.15) is 0 Å². The van der Waals surface area contributed by atoms with Crippen molar-refractivity contribution >= 4 is 22.4 Å². The smallest absolute Gasteiger partial charge is 0.259 e. The van der Waals surface area contributed by atoms with E-state index in [4.69, 9.17) is 5.73 Å². The maximum absolute atomic E-state index is 12.2. The highest BCUT2D eigenvalue weighted by Gasteiger charge is 2.28. The van der Waals surface area contributed by atoms with Crippen LogP contribution in [-0.2, 0) is 17.1 Å². The van der Waals surface area contributed by atoms with Crippen molar-refractivity contribution in [3.05, 3.63) is 12.5 Å². The summed E-state index contributed by atoms with van der Waals surface area (Å²) in [7, 11) is -1.82. The second-order valence-electron chi connectivity index (χ2n) is 5.24. The molecule has 1 aliphatic rings. The molecule has 0 aromatic carbocycles. The zero-order valence-electron chi connectivity index (χ0n) is 11.7. The molecule has 3 N–H and O–H groups in total. The van der Waals surface area contributed by atoms with Gasteiger partial charge in [-0.3, -0.25) is 0 Å². The highest BCUT2D eigenvalue weighted by molar-refractivity contribution is 7.89. The topological polar surface area (TPSA) is 90.0 Å². The molecule has 116 valence electrons. The van der Waals surface area contributed by atoms with E-state index in [0.29, 0.717) is 12.5 Å². The number of nitrogens with zero attached hydrogens (tertiary/aromatic N) is 2. The number of hydrogen-bond acceptors (Lipinski definition) is 4. The van der Waals surface area contributed by atoms with Gasteiger partial charge in [0.15, 0.2) is 5.03 Å². The molecule has 0 spiro atoms. The monoisotopic (exact) mass is 322 g/mol. The van der Waals surface area contributed by atoms with E-state index in [1.165, 1.54) is 18.9 Å². The van der Waals surface area contributed by atoms with Crippen LogP contribution in [-0.4, -0.2) is 30.6 Å². The molecule has 1 aromatic rings. The van der Waals surface area contributed by atoms with Gasteiger partial charge in [0.05, 0.1) is 6.33 Å². The molecule has 0 radical (unpaired) electrons. The first-order chi connectivity index (χ1) is 9.03. The minimum Gasteiger partial charge on any atom is -0.339 e. The summed E-state index contributed by atoms with van der Waals surface area (Å²) < 4.78 is 28.8. The Kier molecular flexibility index (Phi) is 6.44. The van der Waals surface area contributed by atoms with Crippen molar-refractivity contribution in [2.24, 2.45) is 18.7 Å². The lowest BCUT2D eigenvalue weighted by molar-refractivity contribution is 0.294. The van der Waals surface area contributed by atoms with Crippen LogP contribution < -0.4 is 10.5 Å². The normalized spacial score (nSPS) is 18.5. The Balaban J connectivity index is 0.00000200. The molecule has 8 heteroatoms. The first kappa shape index (κ1) is 17.4. The number of nitrogens with one attached hydrogen (secondary N) is 1. The fraction of sp³-hybridized carbons (Fsp3) is 0.750. The molecule has 20 heavy (non-hydrogen) atoms. The van der Waals surface area contributed by atoms with Gasteiger partial charge in [0, 0.05) is 25.8 Å². The van der Waals surface area contributed by atoms with E-state index in [1.807, 2.05) is 0 Å². The fourth-order valence-electron chi connectivity index (χ4n) is 2.66. The maximum atomic E-state index is 12.2. The molecule has 1 saturated carbocycles. The van der Waals surface area contributed by atoms with E-state index in [2.05, 4.69) is 9.71 Å². The predicted octanol–water partition coefficient (Wildman–Crippen LogP) is 1.03. The lowest BCUT2D eigenvalue weighted by atomic mass is 9.84. The Morgan fingerprint density at radius 3 is 2.60 bits per heavy atom. The van der Waals surface area contributed by atoms with Gasteiger partial charge in [-0.25, -0.2) is 18.1 Å². The molecule has 1 aromatic heterocycles. The third kappa shape index (κ3) is 4.18. The van der Waals surface area contributed by atoms with Crippen LogP contribution >= 0.6 is 12.4 Å². The van der Waals surface area contributed by atoms with Crippen LogP contribution in [0.5, 0.6) is 0 Å². The van der Waals surface area contributed by atoms with E-state index < -0.39 is 10.0 Å². The SMILES string of the molecule is Cl.Cn1cnc(S(=O)(=O)NC(CN)C2CCCCC2)c1. The van der Waals surface area contributed by atoms with Crippen molar-refractivity contribution < 1.29 is 8.42 Å². The van der Waals surface area contributed by atoms with Crippen LogP contribution in [0.2, 0.25) is 0 Å². The number of nitrogens with two attached hydrogens (primary N) is 1. The Morgan fingerprint density at radius 1 is 1.45 bits per heavy atom. The zero-order chi connectivity index (χ0) is 13.9. The van der Waals surface area contributed by atoms with Crippen molar-refractivity contribution in [2.75, 3.05) is 6.54 Å². The van der Waals surface area contributed by atoms with Crippen molar-refractivity contribution in [3.63, 3.8) is 0 Å². The summed E-state index contributed by atoms with van der Waals surface area (Å²) in [5.41, 5.74) is 5.74. The van der Waals surface area contributed by atoms with E-state index in [9.17, 15) is 8.42 Å². The lowest BCUT2D eigenvalue weighted by Crippen LogP contribution is -2.45.